The van der Waals surface area contributed by atoms with Gasteiger partial charge in [-0.15, -0.1) is 0 Å². The molecule has 1 saturated carbocycles. The summed E-state index contributed by atoms with van der Waals surface area (Å²) in [6.07, 6.45) is 18.6. The molecule has 0 spiro atoms. The first-order chi connectivity index (χ1) is 12.4. The zero-order valence-corrected chi connectivity index (χ0v) is 17.9. The second-order valence-electron chi connectivity index (χ2n) is 6.43. The molecule has 0 aromatic rings. The first-order valence-electron chi connectivity index (χ1n) is 9.36. The fourth-order valence-electron chi connectivity index (χ4n) is 1.79. The number of unbranched alkanes of at least 4 members (excludes halogenated alkanes) is 2. The van der Waals surface area contributed by atoms with Crippen LogP contribution >= 0.6 is 8.25 Å². The molecule has 0 amide bonds. The number of rotatable bonds is 6. The molecular weight excluding hydrogens is 367 g/mol. The van der Waals surface area contributed by atoms with Crippen LogP contribution < -0.4 is 34.4 Å². The van der Waals surface area contributed by atoms with Crippen LogP contribution in [-0.2, 0) is 4.57 Å². The highest BCUT2D eigenvalue weighted by atomic mass is 31.1. The third kappa shape index (κ3) is 51.7. The number of hydrogen-bond acceptors (Lipinski definition) is 7. The number of nitrogens with two attached hydrogens (primary N) is 6. The van der Waals surface area contributed by atoms with E-state index < -0.39 is 19.8 Å². The molecule has 10 heteroatoms. The molecule has 0 unspecified atom stereocenters. The van der Waals surface area contributed by atoms with Crippen molar-refractivity contribution in [3.05, 3.63) is 24.3 Å². The van der Waals surface area contributed by atoms with Gasteiger partial charge in [-0.25, -0.2) is 0 Å². The molecule has 0 saturated heterocycles. The minimum Gasteiger partial charge on any atom is -0.326 e. The molecule has 0 heterocycles. The summed E-state index contributed by atoms with van der Waals surface area (Å²) in [5, 5.41) is 0. The van der Waals surface area contributed by atoms with Crippen LogP contribution in [0.5, 0.6) is 0 Å². The van der Waals surface area contributed by atoms with Crippen LogP contribution in [0.25, 0.3) is 0 Å². The maximum Gasteiger partial charge on any atom is 0.314 e. The fourth-order valence-corrected chi connectivity index (χ4v) is 1.79. The lowest BCUT2D eigenvalue weighted by atomic mass is 10.2. The number of allylic oxidation sites excluding steroid dienone is 2. The van der Waals surface area contributed by atoms with Crippen molar-refractivity contribution in [3.63, 3.8) is 0 Å². The molecule has 1 fully saturated rings. The summed E-state index contributed by atoms with van der Waals surface area (Å²) in [6.45, 7) is 4.16. The Morgan fingerprint density at radius 2 is 0.963 bits per heavy atom. The Hall–Kier alpha value is -0.610. The Balaban J connectivity index is -0.000000299. The van der Waals surface area contributed by atoms with Crippen LogP contribution in [0, 0.1) is 0 Å². The molecule has 1 rings (SSSR count). The van der Waals surface area contributed by atoms with Crippen LogP contribution in [0.1, 0.15) is 71.6 Å². The molecule has 1 aliphatic rings. The monoisotopic (exact) mass is 410 g/mol. The van der Waals surface area contributed by atoms with Crippen molar-refractivity contribution < 1.29 is 14.4 Å². The molecule has 9 nitrogen and oxygen atoms in total. The van der Waals surface area contributed by atoms with Crippen molar-refractivity contribution in [1.29, 1.82) is 0 Å². The van der Waals surface area contributed by atoms with Crippen LogP contribution in [-0.4, -0.2) is 21.4 Å². The maximum atomic E-state index is 8.74. The van der Waals surface area contributed by atoms with Crippen molar-refractivity contribution in [1.82, 2.24) is 0 Å². The van der Waals surface area contributed by atoms with Gasteiger partial charge in [0, 0.05) is 0 Å². The molecular formula is C17H43N6O3P. The summed E-state index contributed by atoms with van der Waals surface area (Å²) in [7, 11) is -3.13. The molecule has 0 radical (unpaired) electrons. The van der Waals surface area contributed by atoms with Crippen molar-refractivity contribution in [2.45, 2.75) is 83.2 Å². The van der Waals surface area contributed by atoms with Crippen LogP contribution in [0.2, 0.25) is 0 Å². The molecule has 0 atom stereocenters. The van der Waals surface area contributed by atoms with Crippen molar-refractivity contribution in [2.75, 3.05) is 0 Å². The van der Waals surface area contributed by atoms with Gasteiger partial charge in [-0.05, 0) is 25.0 Å². The van der Waals surface area contributed by atoms with Crippen molar-refractivity contribution in [3.8, 4) is 0 Å². The zero-order chi connectivity index (χ0) is 21.8. The van der Waals surface area contributed by atoms with E-state index in [4.69, 9.17) is 48.8 Å². The molecule has 0 aromatic heterocycles. The van der Waals surface area contributed by atoms with Crippen molar-refractivity contribution in [2.24, 2.45) is 34.4 Å². The highest BCUT2D eigenvalue weighted by molar-refractivity contribution is 7.30. The van der Waals surface area contributed by atoms with Gasteiger partial charge in [0.2, 0.25) is 0 Å². The Morgan fingerprint density at radius 1 is 0.741 bits per heavy atom. The summed E-state index contributed by atoms with van der Waals surface area (Å²) in [5.41, 5.74) is 31.5. The van der Waals surface area contributed by atoms with Gasteiger partial charge in [-0.3, -0.25) is 39.0 Å². The fraction of sp³-hybridized carbons (Fsp3) is 0.765. The highest BCUT2D eigenvalue weighted by Gasteiger charge is 2.03. The predicted molar refractivity (Wildman–Crippen MR) is 115 cm³/mol. The molecule has 1 aliphatic carbocycles. The molecule has 27 heavy (non-hydrogen) atoms. The molecule has 0 aromatic carbocycles. The van der Waals surface area contributed by atoms with Crippen LogP contribution in [0.3, 0.4) is 0 Å². The van der Waals surface area contributed by atoms with Gasteiger partial charge in [-0.1, -0.05) is 70.9 Å². The minimum atomic E-state index is -3.13. The van der Waals surface area contributed by atoms with E-state index >= 15 is 0 Å². The van der Waals surface area contributed by atoms with E-state index in [-0.39, 0.29) is 0 Å². The SMILES string of the molecule is C1CCCC1.CCC/C=C/C(N)(N)N.CCC/C=C/C(N)(N)N.O=[PH](O)O. The topological polar surface area (TPSA) is 214 Å². The summed E-state index contributed by atoms with van der Waals surface area (Å²) in [5.74, 6) is -2.26. The number of hydrogen-bond donors (Lipinski definition) is 8. The first kappa shape index (κ1) is 31.1. The van der Waals surface area contributed by atoms with E-state index in [9.17, 15) is 0 Å². The average Bonchev–Trinajstić information content (AvgIpc) is 3.05. The largest absolute Gasteiger partial charge is 0.326 e. The van der Waals surface area contributed by atoms with Gasteiger partial charge in [0.15, 0.2) is 0 Å². The predicted octanol–water partition coefficient (Wildman–Crippen LogP) is 1.06. The summed E-state index contributed by atoms with van der Waals surface area (Å²) >= 11 is 0. The lowest BCUT2D eigenvalue weighted by Crippen LogP contribution is -2.56. The van der Waals surface area contributed by atoms with Gasteiger partial charge < -0.3 is 9.79 Å². The molecule has 0 bridgehead atoms. The third-order valence-electron chi connectivity index (χ3n) is 2.97. The van der Waals surface area contributed by atoms with E-state index in [2.05, 4.69) is 13.8 Å². The van der Waals surface area contributed by atoms with E-state index in [1.165, 1.54) is 32.1 Å². The maximum absolute atomic E-state index is 8.74. The van der Waals surface area contributed by atoms with Gasteiger partial charge in [0.1, 0.15) is 11.6 Å². The van der Waals surface area contributed by atoms with Crippen molar-refractivity contribution >= 4 is 8.25 Å². The van der Waals surface area contributed by atoms with Gasteiger partial charge in [-0.2, -0.15) is 0 Å². The molecule has 164 valence electrons. The minimum absolute atomic E-state index is 0.980. The second kappa shape index (κ2) is 20.1. The van der Waals surface area contributed by atoms with Crippen LogP contribution in [0.15, 0.2) is 24.3 Å². The lowest BCUT2D eigenvalue weighted by Gasteiger charge is -2.11. The second-order valence-corrected chi connectivity index (χ2v) is 7.00. The third-order valence-corrected chi connectivity index (χ3v) is 2.97. The molecule has 14 N–H and O–H groups in total. The average molecular weight is 411 g/mol. The normalized spacial score (nSPS) is 14.3. The van der Waals surface area contributed by atoms with E-state index in [0.717, 1.165) is 25.7 Å². The summed E-state index contributed by atoms with van der Waals surface area (Å²) < 4.78 is 8.74. The zero-order valence-electron chi connectivity index (χ0n) is 16.9. The van der Waals surface area contributed by atoms with Gasteiger partial charge in [0.05, 0.1) is 0 Å². The smallest absolute Gasteiger partial charge is 0.314 e. The Bertz CT molecular complexity index is 352. The van der Waals surface area contributed by atoms with Gasteiger partial charge in [0.25, 0.3) is 0 Å². The quantitative estimate of drug-likeness (QED) is 0.178. The highest BCUT2D eigenvalue weighted by Crippen LogP contribution is 2.15. The lowest BCUT2D eigenvalue weighted by molar-refractivity contribution is 0.405. The van der Waals surface area contributed by atoms with Gasteiger partial charge >= 0.3 is 8.25 Å². The Labute approximate surface area is 165 Å². The first-order valence-corrected chi connectivity index (χ1v) is 10.7. The Kier molecular flexibility index (Phi) is 23.2. The standard InChI is InChI=1S/2C6H15N3.C5H10.H3O3P/c2*1-2-3-4-5-6(7,8)9;1-2-4-5-3-1;1-4(2)3/h2*4-5H,2-3,7-9H2,1H3;1-5H2;4H,(H2,1,2,3)/b2*5-4+;;. The summed E-state index contributed by atoms with van der Waals surface area (Å²) in [4.78, 5) is 14.3. The summed E-state index contributed by atoms with van der Waals surface area (Å²) in [6, 6.07) is 0. The Morgan fingerprint density at radius 3 is 1.11 bits per heavy atom. The van der Waals surface area contributed by atoms with E-state index in [1.807, 2.05) is 12.2 Å². The van der Waals surface area contributed by atoms with Crippen LogP contribution in [0.4, 0.5) is 0 Å². The van der Waals surface area contributed by atoms with E-state index in [0.29, 0.717) is 0 Å². The van der Waals surface area contributed by atoms with E-state index in [1.54, 1.807) is 12.2 Å². The molecule has 0 aliphatic heterocycles.